The van der Waals surface area contributed by atoms with Gasteiger partial charge in [0.25, 0.3) is 0 Å². The summed E-state index contributed by atoms with van der Waals surface area (Å²) in [6, 6.07) is 0. The smallest absolute Gasteiger partial charge is 0.134 e. The summed E-state index contributed by atoms with van der Waals surface area (Å²) in [5, 5.41) is 14.3. The minimum Gasteiger partial charge on any atom is -0.297 e. The van der Waals surface area contributed by atoms with Crippen molar-refractivity contribution in [3.63, 3.8) is 0 Å². The third kappa shape index (κ3) is 1.41. The molecule has 0 aromatic rings. The van der Waals surface area contributed by atoms with Gasteiger partial charge in [0.15, 0.2) is 0 Å². The Balaban J connectivity index is 1.83. The molecule has 2 saturated heterocycles. The van der Waals surface area contributed by atoms with Crippen LogP contribution in [0.5, 0.6) is 0 Å². The Bertz CT molecular complexity index is 134. The van der Waals surface area contributed by atoms with Gasteiger partial charge in [0.1, 0.15) is 6.10 Å². The summed E-state index contributed by atoms with van der Waals surface area (Å²) in [6.07, 6.45) is 3.67. The van der Waals surface area contributed by atoms with E-state index < -0.39 is 0 Å². The molecule has 63 valence electrons. The van der Waals surface area contributed by atoms with Crippen LogP contribution in [0.1, 0.15) is 19.3 Å². The van der Waals surface area contributed by atoms with E-state index in [1.54, 1.807) is 0 Å². The van der Waals surface area contributed by atoms with Crippen molar-refractivity contribution >= 4 is 0 Å². The van der Waals surface area contributed by atoms with Gasteiger partial charge >= 0.3 is 0 Å². The first-order valence-corrected chi connectivity index (χ1v) is 4.51. The van der Waals surface area contributed by atoms with Crippen molar-refractivity contribution < 1.29 is 5.11 Å². The lowest BCUT2D eigenvalue weighted by atomic mass is 10.1. The first-order chi connectivity index (χ1) is 5.38. The van der Waals surface area contributed by atoms with Crippen molar-refractivity contribution in [1.82, 2.24) is 10.2 Å². The molecule has 0 aromatic carbocycles. The van der Waals surface area contributed by atoms with Crippen LogP contribution < -0.4 is 5.32 Å². The molecule has 1 radical (unpaired) electrons. The van der Waals surface area contributed by atoms with Gasteiger partial charge in [0.2, 0.25) is 0 Å². The SMILES string of the molecule is [O]C1CNC1N1CCCCC1. The Kier molecular flexibility index (Phi) is 2.11. The number of nitrogens with zero attached hydrogens (tertiary/aromatic N) is 1. The molecule has 1 N–H and O–H groups in total. The monoisotopic (exact) mass is 155 g/mol. The highest BCUT2D eigenvalue weighted by atomic mass is 16.3. The molecule has 3 nitrogen and oxygen atoms in total. The fraction of sp³-hybridized carbons (Fsp3) is 1.00. The lowest BCUT2D eigenvalue weighted by molar-refractivity contribution is -0.0740. The van der Waals surface area contributed by atoms with Crippen LogP contribution in [0.3, 0.4) is 0 Å². The molecule has 0 aromatic heterocycles. The Hall–Kier alpha value is -0.120. The van der Waals surface area contributed by atoms with Gasteiger partial charge in [-0.1, -0.05) is 6.42 Å². The molecular weight excluding hydrogens is 140 g/mol. The fourth-order valence-electron chi connectivity index (χ4n) is 1.88. The largest absolute Gasteiger partial charge is 0.297 e. The predicted molar refractivity (Wildman–Crippen MR) is 41.7 cm³/mol. The van der Waals surface area contributed by atoms with Crippen molar-refractivity contribution in [3.05, 3.63) is 0 Å². The second-order valence-corrected chi connectivity index (χ2v) is 3.49. The molecule has 0 saturated carbocycles. The molecule has 2 heterocycles. The molecule has 11 heavy (non-hydrogen) atoms. The van der Waals surface area contributed by atoms with Gasteiger partial charge in [-0.05, 0) is 25.9 Å². The van der Waals surface area contributed by atoms with Crippen LogP contribution in [0.4, 0.5) is 0 Å². The summed E-state index contributed by atoms with van der Waals surface area (Å²) >= 11 is 0. The van der Waals surface area contributed by atoms with E-state index in [-0.39, 0.29) is 12.3 Å². The van der Waals surface area contributed by atoms with E-state index in [1.807, 2.05) is 0 Å². The Morgan fingerprint density at radius 3 is 2.36 bits per heavy atom. The van der Waals surface area contributed by atoms with Crippen LogP contribution in [0.15, 0.2) is 0 Å². The van der Waals surface area contributed by atoms with E-state index in [0.717, 1.165) is 13.1 Å². The van der Waals surface area contributed by atoms with E-state index >= 15 is 0 Å². The molecule has 2 fully saturated rings. The molecule has 0 aliphatic carbocycles. The van der Waals surface area contributed by atoms with Crippen molar-refractivity contribution in [2.75, 3.05) is 19.6 Å². The summed E-state index contributed by atoms with van der Waals surface area (Å²) in [6.45, 7) is 2.91. The molecule has 0 spiro atoms. The summed E-state index contributed by atoms with van der Waals surface area (Å²) in [7, 11) is 0. The maximum Gasteiger partial charge on any atom is 0.134 e. The van der Waals surface area contributed by atoms with Gasteiger partial charge in [0.05, 0.1) is 6.17 Å². The average molecular weight is 155 g/mol. The Morgan fingerprint density at radius 2 is 1.91 bits per heavy atom. The molecule has 2 atom stereocenters. The number of piperidine rings is 1. The highest BCUT2D eigenvalue weighted by Gasteiger charge is 2.35. The van der Waals surface area contributed by atoms with Gasteiger partial charge < -0.3 is 0 Å². The number of likely N-dealkylation sites (tertiary alicyclic amines) is 1. The number of nitrogens with one attached hydrogen (secondary N) is 1. The normalized spacial score (nSPS) is 40.1. The Labute approximate surface area is 67.4 Å². The molecule has 2 aliphatic rings. The highest BCUT2D eigenvalue weighted by Crippen LogP contribution is 2.16. The van der Waals surface area contributed by atoms with Crippen molar-refractivity contribution in [1.29, 1.82) is 0 Å². The number of rotatable bonds is 1. The third-order valence-corrected chi connectivity index (χ3v) is 2.66. The lowest BCUT2D eigenvalue weighted by Crippen LogP contribution is -2.65. The van der Waals surface area contributed by atoms with Gasteiger partial charge in [-0.25, -0.2) is 5.11 Å². The standard InChI is InChI=1S/C8H15N2O/c11-7-6-9-8(7)10-4-2-1-3-5-10/h7-9H,1-6H2. The molecular formula is C8H15N2O. The zero-order valence-corrected chi connectivity index (χ0v) is 6.75. The fourth-order valence-corrected chi connectivity index (χ4v) is 1.88. The molecule has 2 rings (SSSR count). The van der Waals surface area contributed by atoms with Crippen LogP contribution >= 0.6 is 0 Å². The van der Waals surface area contributed by atoms with Crippen molar-refractivity contribution in [3.8, 4) is 0 Å². The van der Waals surface area contributed by atoms with E-state index in [0.29, 0.717) is 6.54 Å². The predicted octanol–water partition coefficient (Wildman–Crippen LogP) is 0.201. The van der Waals surface area contributed by atoms with E-state index in [1.165, 1.54) is 19.3 Å². The van der Waals surface area contributed by atoms with Crippen LogP contribution in [-0.2, 0) is 5.11 Å². The van der Waals surface area contributed by atoms with Crippen LogP contribution in [0.2, 0.25) is 0 Å². The maximum absolute atomic E-state index is 11.1. The van der Waals surface area contributed by atoms with Crippen LogP contribution in [0, 0.1) is 0 Å². The number of hydrogen-bond acceptors (Lipinski definition) is 2. The van der Waals surface area contributed by atoms with Crippen LogP contribution in [-0.4, -0.2) is 36.8 Å². The van der Waals surface area contributed by atoms with Crippen molar-refractivity contribution in [2.24, 2.45) is 0 Å². The van der Waals surface area contributed by atoms with E-state index in [2.05, 4.69) is 10.2 Å². The first-order valence-electron chi connectivity index (χ1n) is 4.51. The first kappa shape index (κ1) is 7.53. The van der Waals surface area contributed by atoms with Crippen LogP contribution in [0.25, 0.3) is 0 Å². The highest BCUT2D eigenvalue weighted by molar-refractivity contribution is 4.88. The van der Waals surface area contributed by atoms with Crippen molar-refractivity contribution in [2.45, 2.75) is 31.5 Å². The summed E-state index contributed by atoms with van der Waals surface area (Å²) in [5.74, 6) is 0. The molecule has 0 bridgehead atoms. The van der Waals surface area contributed by atoms with Gasteiger partial charge in [-0.3, -0.25) is 10.2 Å². The summed E-state index contributed by atoms with van der Waals surface area (Å²) in [5.41, 5.74) is 0. The van der Waals surface area contributed by atoms with Gasteiger partial charge in [0, 0.05) is 6.54 Å². The second kappa shape index (κ2) is 3.09. The lowest BCUT2D eigenvalue weighted by Gasteiger charge is -2.43. The zero-order chi connectivity index (χ0) is 7.68. The second-order valence-electron chi connectivity index (χ2n) is 3.49. The van der Waals surface area contributed by atoms with Gasteiger partial charge in [-0.15, -0.1) is 0 Å². The molecule has 2 unspecified atom stereocenters. The number of hydrogen-bond donors (Lipinski definition) is 1. The maximum atomic E-state index is 11.1. The van der Waals surface area contributed by atoms with E-state index in [9.17, 15) is 5.11 Å². The minimum absolute atomic E-state index is 0.162. The molecule has 0 amide bonds. The van der Waals surface area contributed by atoms with E-state index in [4.69, 9.17) is 0 Å². The minimum atomic E-state index is -0.368. The average Bonchev–Trinajstić information content (AvgIpc) is 2.04. The molecule has 3 heteroatoms. The van der Waals surface area contributed by atoms with Gasteiger partial charge in [-0.2, -0.15) is 0 Å². The zero-order valence-electron chi connectivity index (χ0n) is 6.75. The summed E-state index contributed by atoms with van der Waals surface area (Å²) < 4.78 is 0. The topological polar surface area (TPSA) is 35.2 Å². The quantitative estimate of drug-likeness (QED) is 0.587. The summed E-state index contributed by atoms with van der Waals surface area (Å²) in [4.78, 5) is 2.30. The molecule has 2 aliphatic heterocycles. The Morgan fingerprint density at radius 1 is 1.18 bits per heavy atom. The third-order valence-electron chi connectivity index (χ3n) is 2.66.